The van der Waals surface area contributed by atoms with E-state index in [0.717, 1.165) is 0 Å². The molecule has 0 N–H and O–H groups in total. The first-order chi connectivity index (χ1) is 11.3. The number of fused-ring (bicyclic) bond motifs is 3. The van der Waals surface area contributed by atoms with E-state index < -0.39 is 0 Å². The molecule has 0 amide bonds. The molecular formula is C24H24Zr. The monoisotopic (exact) mass is 402 g/mol. The van der Waals surface area contributed by atoms with Crippen LogP contribution >= 0.6 is 0 Å². The molecule has 0 nitrogen and oxygen atoms in total. The summed E-state index contributed by atoms with van der Waals surface area (Å²) in [7, 11) is 0. The molecule has 25 heavy (non-hydrogen) atoms. The zero-order valence-electron chi connectivity index (χ0n) is 14.8. The van der Waals surface area contributed by atoms with Crippen LogP contribution < -0.4 is 0 Å². The molecule has 1 heteroatoms. The van der Waals surface area contributed by atoms with E-state index in [2.05, 4.69) is 54.6 Å². The van der Waals surface area contributed by atoms with E-state index in [4.69, 9.17) is 6.58 Å². The van der Waals surface area contributed by atoms with Gasteiger partial charge in [-0.15, -0.1) is 39.7 Å². The van der Waals surface area contributed by atoms with Gasteiger partial charge in [0.25, 0.3) is 0 Å². The predicted octanol–water partition coefficient (Wildman–Crippen LogP) is 7.09. The van der Waals surface area contributed by atoms with Gasteiger partial charge in [0.2, 0.25) is 0 Å². The van der Waals surface area contributed by atoms with E-state index in [1.165, 1.54) is 46.4 Å². The van der Waals surface area contributed by atoms with Crippen molar-refractivity contribution in [3.05, 3.63) is 105 Å². The van der Waals surface area contributed by atoms with E-state index in [1.807, 2.05) is 30.3 Å². The van der Waals surface area contributed by atoms with Crippen LogP contribution in [-0.2, 0) is 26.2 Å². The van der Waals surface area contributed by atoms with Gasteiger partial charge in [-0.05, 0) is 0 Å². The Hall–Kier alpha value is -1.72. The normalized spacial score (nSPS) is 11.8. The molecule has 4 aromatic carbocycles. The van der Waals surface area contributed by atoms with Crippen molar-refractivity contribution in [3.63, 3.8) is 0 Å². The number of rotatable bonds is 0. The van der Waals surface area contributed by atoms with E-state index in [1.54, 1.807) is 0 Å². The Balaban J connectivity index is 0.000000219. The molecule has 0 spiro atoms. The maximum Gasteiger partial charge on any atom is 4.00 e. The summed E-state index contributed by atoms with van der Waals surface area (Å²) >= 11 is 0. The van der Waals surface area contributed by atoms with Gasteiger partial charge >= 0.3 is 26.2 Å². The van der Waals surface area contributed by atoms with E-state index in [-0.39, 0.29) is 33.6 Å². The molecule has 0 heterocycles. The number of benzene rings is 2. The average Bonchev–Trinajstić information content (AvgIpc) is 3.24. The van der Waals surface area contributed by atoms with E-state index in [0.29, 0.717) is 0 Å². The van der Waals surface area contributed by atoms with Crippen molar-refractivity contribution in [3.8, 4) is 0 Å². The van der Waals surface area contributed by atoms with Crippen molar-refractivity contribution in [1.82, 2.24) is 0 Å². The van der Waals surface area contributed by atoms with Gasteiger partial charge in [-0.1, -0.05) is 55.7 Å². The van der Waals surface area contributed by atoms with Crippen LogP contribution in [0.15, 0.2) is 90.5 Å². The van der Waals surface area contributed by atoms with Crippen LogP contribution in [-0.4, -0.2) is 0 Å². The summed E-state index contributed by atoms with van der Waals surface area (Å²) in [6.45, 7) is 5.30. The van der Waals surface area contributed by atoms with Gasteiger partial charge in [0.05, 0.1) is 0 Å². The van der Waals surface area contributed by atoms with Crippen molar-refractivity contribution in [2.24, 2.45) is 0 Å². The Kier molecular flexibility index (Phi) is 9.39. The number of hydrogen-bond acceptors (Lipinski definition) is 0. The second kappa shape index (κ2) is 11.0. The SMILES string of the molecule is [CH-]=C1CCC1.[CH3-].[Zr+4].c1cc[cH-]c1.c1ccc2c(c1)[cH-]c1ccccc12. The molecule has 0 saturated heterocycles. The molecule has 4 aromatic rings. The third-order valence-corrected chi connectivity index (χ3v) is 4.07. The number of allylic oxidation sites excluding steroid dienone is 1. The predicted molar refractivity (Wildman–Crippen MR) is 107 cm³/mol. The summed E-state index contributed by atoms with van der Waals surface area (Å²) in [6, 6.07) is 29.3. The Morgan fingerprint density at radius 2 is 1.16 bits per heavy atom. The fraction of sp³-hybridized carbons (Fsp3) is 0.125. The van der Waals surface area contributed by atoms with Crippen molar-refractivity contribution >= 4 is 21.5 Å². The molecule has 0 unspecified atom stereocenters. The topological polar surface area (TPSA) is 0 Å². The summed E-state index contributed by atoms with van der Waals surface area (Å²) < 4.78 is 0. The molecule has 0 atom stereocenters. The van der Waals surface area contributed by atoms with Gasteiger partial charge in [-0.25, -0.2) is 12.1 Å². The maximum absolute atomic E-state index is 5.30. The van der Waals surface area contributed by atoms with Crippen molar-refractivity contribution in [2.75, 3.05) is 0 Å². The average molecular weight is 404 g/mol. The van der Waals surface area contributed by atoms with Crippen LogP contribution in [0.4, 0.5) is 0 Å². The summed E-state index contributed by atoms with van der Waals surface area (Å²) in [5.41, 5.74) is 1.19. The Morgan fingerprint density at radius 1 is 0.720 bits per heavy atom. The minimum Gasteiger partial charge on any atom is -0.514 e. The largest absolute Gasteiger partial charge is 4.00 e. The summed E-state index contributed by atoms with van der Waals surface area (Å²) in [5.74, 6) is 0. The van der Waals surface area contributed by atoms with Gasteiger partial charge < -0.3 is 14.0 Å². The first-order valence-corrected chi connectivity index (χ1v) is 8.14. The van der Waals surface area contributed by atoms with Crippen LogP contribution in [0.25, 0.3) is 21.5 Å². The smallest absolute Gasteiger partial charge is 0.514 e. The third kappa shape index (κ3) is 5.94. The Morgan fingerprint density at radius 3 is 1.48 bits per heavy atom. The fourth-order valence-electron chi connectivity index (χ4n) is 2.61. The van der Waals surface area contributed by atoms with Crippen LogP contribution in [0, 0.1) is 14.0 Å². The fourth-order valence-corrected chi connectivity index (χ4v) is 2.61. The van der Waals surface area contributed by atoms with Crippen LogP contribution in [0.1, 0.15) is 19.3 Å². The summed E-state index contributed by atoms with van der Waals surface area (Å²) in [6.07, 6.45) is 3.69. The second-order valence-electron chi connectivity index (χ2n) is 5.79. The molecule has 0 aliphatic heterocycles. The van der Waals surface area contributed by atoms with Gasteiger partial charge in [0, 0.05) is 0 Å². The number of hydrogen-bond donors (Lipinski definition) is 0. The van der Waals surface area contributed by atoms with Crippen molar-refractivity contribution in [1.29, 1.82) is 0 Å². The first kappa shape index (κ1) is 21.3. The maximum atomic E-state index is 5.30. The third-order valence-electron chi connectivity index (χ3n) is 4.07. The zero-order valence-corrected chi connectivity index (χ0v) is 17.2. The van der Waals surface area contributed by atoms with E-state index >= 15 is 0 Å². The van der Waals surface area contributed by atoms with E-state index in [9.17, 15) is 0 Å². The van der Waals surface area contributed by atoms with Crippen molar-refractivity contribution < 1.29 is 26.2 Å². The molecule has 1 fully saturated rings. The molecule has 1 aliphatic rings. The molecule has 1 saturated carbocycles. The molecule has 0 aromatic heterocycles. The van der Waals surface area contributed by atoms with Crippen LogP contribution in [0.3, 0.4) is 0 Å². The second-order valence-corrected chi connectivity index (χ2v) is 5.79. The molecule has 0 bridgehead atoms. The molecule has 5 rings (SSSR count). The Labute approximate surface area is 171 Å². The van der Waals surface area contributed by atoms with Gasteiger partial charge in [0.1, 0.15) is 0 Å². The quantitative estimate of drug-likeness (QED) is 0.275. The summed E-state index contributed by atoms with van der Waals surface area (Å²) in [4.78, 5) is 0. The minimum atomic E-state index is 0. The van der Waals surface area contributed by atoms with Gasteiger partial charge in [-0.3, -0.25) is 5.57 Å². The molecule has 1 aliphatic carbocycles. The van der Waals surface area contributed by atoms with Gasteiger partial charge in [-0.2, -0.15) is 18.2 Å². The van der Waals surface area contributed by atoms with Crippen LogP contribution in [0.2, 0.25) is 0 Å². The Bertz CT molecular complexity index is 792. The molecule has 0 radical (unpaired) electrons. The summed E-state index contributed by atoms with van der Waals surface area (Å²) in [5, 5.41) is 5.39. The van der Waals surface area contributed by atoms with Crippen molar-refractivity contribution in [2.45, 2.75) is 19.3 Å². The molecule has 124 valence electrons. The first-order valence-electron chi connectivity index (χ1n) is 8.14. The zero-order chi connectivity index (χ0) is 15.9. The molecular weight excluding hydrogens is 379 g/mol. The standard InChI is InChI=1S/C13H9.C5H7.C5H5.CH3.Zr/c1-3-7-12-10(5-1)9-11-6-2-4-8-13(11)12;1-5-3-2-4-5;1-2-4-5-3-1;;/h1-9H;1H,2-4H2;1-5H;1H3;/q4*-1;+4. The van der Waals surface area contributed by atoms with Crippen LogP contribution in [0.5, 0.6) is 0 Å². The van der Waals surface area contributed by atoms with Gasteiger partial charge in [0.15, 0.2) is 0 Å². The minimum absolute atomic E-state index is 0.